The van der Waals surface area contributed by atoms with Crippen LogP contribution in [0, 0.1) is 14.9 Å². The molecule has 1 rings (SSSR count). The molecule has 0 amide bonds. The summed E-state index contributed by atoms with van der Waals surface area (Å²) >= 11 is 1.94. The molecule has 0 atom stereocenters. The van der Waals surface area contributed by atoms with E-state index >= 15 is 0 Å². The molecule has 1 aromatic rings. The Hall–Kier alpha value is -1.29. The molecule has 4 nitrogen and oxygen atoms in total. The molecule has 16 heavy (non-hydrogen) atoms. The van der Waals surface area contributed by atoms with Crippen molar-refractivity contribution < 1.29 is 14.3 Å². The molecule has 0 saturated heterocycles. The van der Waals surface area contributed by atoms with Gasteiger partial charge >= 0.3 is 5.97 Å². The maximum atomic E-state index is 11.7. The van der Waals surface area contributed by atoms with Crippen molar-refractivity contribution >= 4 is 28.6 Å². The first-order valence-corrected chi connectivity index (χ1v) is 5.67. The fourth-order valence-corrected chi connectivity index (χ4v) is 1.99. The quantitative estimate of drug-likeness (QED) is 0.630. The third-order valence-electron chi connectivity index (χ3n) is 1.92. The minimum Gasteiger partial charge on any atom is -0.496 e. The van der Waals surface area contributed by atoms with Crippen molar-refractivity contribution in [3.05, 3.63) is 26.8 Å². The minimum atomic E-state index is -0.471. The molecule has 0 radical (unpaired) electrons. The van der Waals surface area contributed by atoms with Gasteiger partial charge in [0.15, 0.2) is 0 Å². The Kier molecular flexibility index (Phi) is 4.55. The molecule has 0 spiro atoms. The van der Waals surface area contributed by atoms with Crippen LogP contribution < -0.4 is 4.74 Å². The van der Waals surface area contributed by atoms with Gasteiger partial charge in [-0.15, -0.1) is 0 Å². The van der Waals surface area contributed by atoms with Crippen LogP contribution in [0.25, 0.3) is 0 Å². The maximum Gasteiger partial charge on any atom is 0.343 e. The number of carbonyl (C=O) groups excluding carboxylic acids is 1. The largest absolute Gasteiger partial charge is 0.496 e. The normalized spacial score (nSPS) is 9.38. The summed E-state index contributed by atoms with van der Waals surface area (Å²) in [6.45, 7) is 2.01. The summed E-state index contributed by atoms with van der Waals surface area (Å²) in [6.07, 6.45) is 0. The van der Waals surface area contributed by atoms with Gasteiger partial charge < -0.3 is 9.47 Å². The standard InChI is InChI=1S/C11H10INO3/c1-3-16-11(14)9-8(15-2)5-4-7(6-13)10(9)12/h4-5H,3H2,1-2H3. The highest BCUT2D eigenvalue weighted by Gasteiger charge is 2.19. The van der Waals surface area contributed by atoms with Crippen molar-refractivity contribution in [1.82, 2.24) is 0 Å². The second-order valence-electron chi connectivity index (χ2n) is 2.84. The predicted octanol–water partition coefficient (Wildman–Crippen LogP) is 2.35. The lowest BCUT2D eigenvalue weighted by Gasteiger charge is -2.10. The molecule has 0 aromatic heterocycles. The molecule has 0 fully saturated rings. The van der Waals surface area contributed by atoms with E-state index in [1.807, 2.05) is 28.7 Å². The van der Waals surface area contributed by atoms with Gasteiger partial charge in [0.25, 0.3) is 0 Å². The zero-order chi connectivity index (χ0) is 12.1. The molecule has 0 aliphatic carbocycles. The van der Waals surface area contributed by atoms with Gasteiger partial charge in [-0.05, 0) is 41.6 Å². The fraction of sp³-hybridized carbons (Fsp3) is 0.273. The van der Waals surface area contributed by atoms with Crippen LogP contribution in [-0.4, -0.2) is 19.7 Å². The number of hydrogen-bond donors (Lipinski definition) is 0. The zero-order valence-electron chi connectivity index (χ0n) is 8.91. The van der Waals surface area contributed by atoms with Crippen molar-refractivity contribution in [2.45, 2.75) is 6.92 Å². The Morgan fingerprint density at radius 1 is 1.56 bits per heavy atom. The van der Waals surface area contributed by atoms with Gasteiger partial charge in [0.2, 0.25) is 0 Å². The van der Waals surface area contributed by atoms with Gasteiger partial charge in [0.05, 0.1) is 19.3 Å². The van der Waals surface area contributed by atoms with Crippen molar-refractivity contribution in [3.63, 3.8) is 0 Å². The van der Waals surface area contributed by atoms with Crippen LogP contribution in [-0.2, 0) is 4.74 Å². The molecule has 0 heterocycles. The fourth-order valence-electron chi connectivity index (χ4n) is 1.21. The number of nitrogens with zero attached hydrogens (tertiary/aromatic N) is 1. The van der Waals surface area contributed by atoms with Crippen molar-refractivity contribution in [2.75, 3.05) is 13.7 Å². The number of benzene rings is 1. The SMILES string of the molecule is CCOC(=O)c1c(OC)ccc(C#N)c1I. The Morgan fingerprint density at radius 2 is 2.25 bits per heavy atom. The zero-order valence-corrected chi connectivity index (χ0v) is 11.1. The van der Waals surface area contributed by atoms with E-state index in [9.17, 15) is 4.79 Å². The summed E-state index contributed by atoms with van der Waals surface area (Å²) in [5.41, 5.74) is 0.744. The third kappa shape index (κ3) is 2.44. The maximum absolute atomic E-state index is 11.7. The van der Waals surface area contributed by atoms with Crippen LogP contribution in [0.4, 0.5) is 0 Å². The molecular weight excluding hydrogens is 321 g/mol. The van der Waals surface area contributed by atoms with E-state index in [0.29, 0.717) is 20.4 Å². The number of hydrogen-bond acceptors (Lipinski definition) is 4. The van der Waals surface area contributed by atoms with E-state index in [4.69, 9.17) is 14.7 Å². The molecule has 0 N–H and O–H groups in total. The van der Waals surface area contributed by atoms with Gasteiger partial charge in [0.1, 0.15) is 17.4 Å². The average Bonchev–Trinajstić information content (AvgIpc) is 2.28. The van der Waals surface area contributed by atoms with Gasteiger partial charge in [-0.3, -0.25) is 0 Å². The number of nitriles is 1. The first-order valence-electron chi connectivity index (χ1n) is 4.59. The van der Waals surface area contributed by atoms with Crippen molar-refractivity contribution in [2.24, 2.45) is 0 Å². The van der Waals surface area contributed by atoms with Gasteiger partial charge in [-0.1, -0.05) is 0 Å². The highest BCUT2D eigenvalue weighted by atomic mass is 127. The predicted molar refractivity (Wildman–Crippen MR) is 66.4 cm³/mol. The van der Waals surface area contributed by atoms with Crippen LogP contribution in [0.5, 0.6) is 5.75 Å². The Bertz CT molecular complexity index is 451. The summed E-state index contributed by atoms with van der Waals surface area (Å²) in [6, 6.07) is 5.22. The minimum absolute atomic E-state index is 0.287. The van der Waals surface area contributed by atoms with E-state index < -0.39 is 5.97 Å². The highest BCUT2D eigenvalue weighted by molar-refractivity contribution is 14.1. The molecule has 0 bridgehead atoms. The Balaban J connectivity index is 3.33. The lowest BCUT2D eigenvalue weighted by atomic mass is 10.1. The Labute approximate surface area is 107 Å². The molecule has 0 saturated carbocycles. The van der Waals surface area contributed by atoms with Crippen LogP contribution >= 0.6 is 22.6 Å². The second-order valence-corrected chi connectivity index (χ2v) is 3.92. The molecular formula is C11H10INO3. The van der Waals surface area contributed by atoms with E-state index in [2.05, 4.69) is 0 Å². The van der Waals surface area contributed by atoms with E-state index in [0.717, 1.165) is 0 Å². The van der Waals surface area contributed by atoms with Crippen LogP contribution in [0.1, 0.15) is 22.8 Å². The lowest BCUT2D eigenvalue weighted by Crippen LogP contribution is -2.10. The summed E-state index contributed by atoms with van der Waals surface area (Å²) in [4.78, 5) is 11.7. The highest BCUT2D eigenvalue weighted by Crippen LogP contribution is 2.27. The second kappa shape index (κ2) is 5.70. The molecule has 84 valence electrons. The third-order valence-corrected chi connectivity index (χ3v) is 3.04. The number of methoxy groups -OCH3 is 1. The van der Waals surface area contributed by atoms with E-state index in [1.54, 1.807) is 19.1 Å². The summed E-state index contributed by atoms with van der Waals surface area (Å²) in [5.74, 6) is -0.0531. The molecule has 5 heteroatoms. The molecule has 0 aliphatic rings. The summed E-state index contributed by atoms with van der Waals surface area (Å²) in [5, 5.41) is 8.87. The summed E-state index contributed by atoms with van der Waals surface area (Å²) in [7, 11) is 1.47. The monoisotopic (exact) mass is 331 g/mol. The van der Waals surface area contributed by atoms with Gasteiger partial charge in [-0.2, -0.15) is 5.26 Å². The van der Waals surface area contributed by atoms with Crippen LogP contribution in [0.2, 0.25) is 0 Å². The molecule has 0 unspecified atom stereocenters. The van der Waals surface area contributed by atoms with E-state index in [1.165, 1.54) is 7.11 Å². The molecule has 1 aromatic carbocycles. The average molecular weight is 331 g/mol. The summed E-state index contributed by atoms with van der Waals surface area (Å²) < 4.78 is 10.5. The number of rotatable bonds is 3. The van der Waals surface area contributed by atoms with Gasteiger partial charge in [-0.25, -0.2) is 4.79 Å². The number of carbonyl (C=O) groups is 1. The van der Waals surface area contributed by atoms with Gasteiger partial charge in [0, 0.05) is 3.57 Å². The first-order chi connectivity index (χ1) is 7.65. The molecule has 0 aliphatic heterocycles. The topological polar surface area (TPSA) is 59.3 Å². The number of ether oxygens (including phenoxy) is 2. The number of esters is 1. The van der Waals surface area contributed by atoms with Crippen LogP contribution in [0.3, 0.4) is 0 Å². The van der Waals surface area contributed by atoms with Crippen molar-refractivity contribution in [3.8, 4) is 11.8 Å². The smallest absolute Gasteiger partial charge is 0.343 e. The van der Waals surface area contributed by atoms with E-state index in [-0.39, 0.29) is 6.61 Å². The van der Waals surface area contributed by atoms with Crippen molar-refractivity contribution in [1.29, 1.82) is 5.26 Å². The first kappa shape index (κ1) is 12.8. The van der Waals surface area contributed by atoms with Crippen LogP contribution in [0.15, 0.2) is 12.1 Å². The Morgan fingerprint density at radius 3 is 2.75 bits per heavy atom. The number of halogens is 1. The lowest BCUT2D eigenvalue weighted by molar-refractivity contribution is 0.0521.